The van der Waals surface area contributed by atoms with Crippen LogP contribution in [0.1, 0.15) is 5.56 Å². The van der Waals surface area contributed by atoms with E-state index in [1.54, 1.807) is 6.07 Å². The zero-order valence-corrected chi connectivity index (χ0v) is 11.2. The largest absolute Gasteiger partial charge is 0.416 e. The third-order valence-electron chi connectivity index (χ3n) is 2.92. The Morgan fingerprint density at radius 3 is 2.33 bits per heavy atom. The highest BCUT2D eigenvalue weighted by Crippen LogP contribution is 2.30. The van der Waals surface area contributed by atoms with E-state index in [-0.39, 0.29) is 5.15 Å². The Morgan fingerprint density at radius 2 is 1.67 bits per heavy atom. The highest BCUT2D eigenvalue weighted by molar-refractivity contribution is 6.33. The molecule has 0 bridgehead atoms. The predicted octanol–water partition coefficient (Wildman–Crippen LogP) is 4.36. The molecule has 0 aliphatic rings. The summed E-state index contributed by atoms with van der Waals surface area (Å²) in [6.07, 6.45) is -1.40. The van der Waals surface area contributed by atoms with Crippen molar-refractivity contribution in [2.75, 3.05) is 0 Å². The average Bonchev–Trinajstić information content (AvgIpc) is 2.46. The second-order valence-corrected chi connectivity index (χ2v) is 4.66. The van der Waals surface area contributed by atoms with Crippen LogP contribution in [0.4, 0.5) is 13.2 Å². The third kappa shape index (κ3) is 2.67. The maximum Gasteiger partial charge on any atom is 0.416 e. The molecular formula is C14H7ClF3N3. The van der Waals surface area contributed by atoms with Gasteiger partial charge < -0.3 is 0 Å². The molecule has 0 spiro atoms. The number of nitrogens with zero attached hydrogens (tertiary/aromatic N) is 3. The lowest BCUT2D eigenvalue weighted by Crippen LogP contribution is -2.04. The Bertz CT molecular complexity index is 801. The van der Waals surface area contributed by atoms with Crippen LogP contribution in [-0.2, 0) is 6.18 Å². The van der Waals surface area contributed by atoms with Crippen LogP contribution in [0.5, 0.6) is 0 Å². The summed E-state index contributed by atoms with van der Waals surface area (Å²) in [6, 6.07) is 6.40. The first-order chi connectivity index (χ1) is 9.95. The molecule has 0 aliphatic heterocycles. The lowest BCUT2D eigenvalue weighted by Gasteiger charge is -2.07. The van der Waals surface area contributed by atoms with E-state index < -0.39 is 11.7 Å². The Morgan fingerprint density at radius 1 is 0.952 bits per heavy atom. The molecule has 0 N–H and O–H groups in total. The molecule has 2 aromatic heterocycles. The minimum absolute atomic E-state index is 0.235. The molecule has 3 nitrogen and oxygen atoms in total. The van der Waals surface area contributed by atoms with Gasteiger partial charge in [0.1, 0.15) is 5.52 Å². The molecule has 106 valence electrons. The van der Waals surface area contributed by atoms with Crippen molar-refractivity contribution in [1.82, 2.24) is 15.0 Å². The maximum atomic E-state index is 12.5. The normalized spacial score (nSPS) is 11.8. The Kier molecular flexibility index (Phi) is 3.25. The van der Waals surface area contributed by atoms with E-state index in [2.05, 4.69) is 15.0 Å². The van der Waals surface area contributed by atoms with E-state index >= 15 is 0 Å². The smallest absolute Gasteiger partial charge is 0.249 e. The molecule has 3 aromatic rings. The van der Waals surface area contributed by atoms with Crippen molar-refractivity contribution >= 4 is 22.6 Å². The number of pyridine rings is 1. The molecule has 0 amide bonds. The van der Waals surface area contributed by atoms with Gasteiger partial charge >= 0.3 is 6.18 Å². The van der Waals surface area contributed by atoms with E-state index in [1.165, 1.54) is 24.5 Å². The monoisotopic (exact) mass is 309 g/mol. The summed E-state index contributed by atoms with van der Waals surface area (Å²) in [5.74, 6) is 0. The molecular weight excluding hydrogens is 303 g/mol. The molecule has 21 heavy (non-hydrogen) atoms. The summed E-state index contributed by atoms with van der Waals surface area (Å²) in [7, 11) is 0. The molecule has 1 aromatic carbocycles. The molecule has 0 radical (unpaired) electrons. The SMILES string of the molecule is FC(F)(F)c1ccc(-c2cnc3c(Cl)nccc3n2)cc1. The number of benzene rings is 1. The van der Waals surface area contributed by atoms with E-state index in [0.717, 1.165) is 12.1 Å². The van der Waals surface area contributed by atoms with Crippen molar-refractivity contribution in [2.24, 2.45) is 0 Å². The zero-order chi connectivity index (χ0) is 15.0. The van der Waals surface area contributed by atoms with Crippen LogP contribution in [0, 0.1) is 0 Å². The van der Waals surface area contributed by atoms with Gasteiger partial charge in [0, 0.05) is 11.8 Å². The number of fused-ring (bicyclic) bond motifs is 1. The third-order valence-corrected chi connectivity index (χ3v) is 3.20. The van der Waals surface area contributed by atoms with Gasteiger partial charge in [-0.05, 0) is 18.2 Å². The maximum absolute atomic E-state index is 12.5. The van der Waals surface area contributed by atoms with E-state index in [1.807, 2.05) is 0 Å². The van der Waals surface area contributed by atoms with Crippen LogP contribution in [0.15, 0.2) is 42.7 Å². The van der Waals surface area contributed by atoms with Gasteiger partial charge in [-0.2, -0.15) is 13.2 Å². The average molecular weight is 310 g/mol. The van der Waals surface area contributed by atoms with Gasteiger partial charge in [-0.1, -0.05) is 23.7 Å². The van der Waals surface area contributed by atoms with Crippen molar-refractivity contribution in [3.05, 3.63) is 53.4 Å². The van der Waals surface area contributed by atoms with E-state index in [9.17, 15) is 13.2 Å². The van der Waals surface area contributed by atoms with Gasteiger partial charge in [-0.3, -0.25) is 0 Å². The first-order valence-corrected chi connectivity index (χ1v) is 6.28. The van der Waals surface area contributed by atoms with Gasteiger partial charge in [0.2, 0.25) is 0 Å². The van der Waals surface area contributed by atoms with Crippen LogP contribution in [-0.4, -0.2) is 15.0 Å². The van der Waals surface area contributed by atoms with Crippen LogP contribution < -0.4 is 0 Å². The first-order valence-electron chi connectivity index (χ1n) is 5.90. The van der Waals surface area contributed by atoms with Crippen LogP contribution >= 0.6 is 11.6 Å². The molecule has 0 saturated heterocycles. The fourth-order valence-electron chi connectivity index (χ4n) is 1.88. The molecule has 0 fully saturated rings. The second-order valence-electron chi connectivity index (χ2n) is 4.30. The van der Waals surface area contributed by atoms with Gasteiger partial charge in [-0.15, -0.1) is 0 Å². The van der Waals surface area contributed by atoms with E-state index in [0.29, 0.717) is 22.3 Å². The number of aromatic nitrogens is 3. The lowest BCUT2D eigenvalue weighted by molar-refractivity contribution is -0.137. The number of alkyl halides is 3. The summed E-state index contributed by atoms with van der Waals surface area (Å²) in [6.45, 7) is 0. The molecule has 0 unspecified atom stereocenters. The summed E-state index contributed by atoms with van der Waals surface area (Å²) >= 11 is 5.89. The van der Waals surface area contributed by atoms with Crippen LogP contribution in [0.3, 0.4) is 0 Å². The van der Waals surface area contributed by atoms with Gasteiger partial charge in [-0.25, -0.2) is 15.0 Å². The van der Waals surface area contributed by atoms with Crippen LogP contribution in [0.2, 0.25) is 5.15 Å². The Labute approximate surface area is 122 Å². The van der Waals surface area contributed by atoms with Crippen LogP contribution in [0.25, 0.3) is 22.3 Å². The van der Waals surface area contributed by atoms with Gasteiger partial charge in [0.25, 0.3) is 0 Å². The summed E-state index contributed by atoms with van der Waals surface area (Å²) in [5, 5.41) is 0.235. The van der Waals surface area contributed by atoms with Crippen molar-refractivity contribution in [2.45, 2.75) is 6.18 Å². The zero-order valence-electron chi connectivity index (χ0n) is 10.4. The fourth-order valence-corrected chi connectivity index (χ4v) is 2.08. The summed E-state index contributed by atoms with van der Waals surface area (Å²) < 4.78 is 37.6. The summed E-state index contributed by atoms with van der Waals surface area (Å²) in [4.78, 5) is 12.4. The van der Waals surface area contributed by atoms with Crippen molar-refractivity contribution in [3.8, 4) is 11.3 Å². The number of rotatable bonds is 1. The van der Waals surface area contributed by atoms with Crippen molar-refractivity contribution in [3.63, 3.8) is 0 Å². The highest BCUT2D eigenvalue weighted by Gasteiger charge is 2.30. The number of hydrogen-bond acceptors (Lipinski definition) is 3. The lowest BCUT2D eigenvalue weighted by atomic mass is 10.1. The van der Waals surface area contributed by atoms with Crippen molar-refractivity contribution in [1.29, 1.82) is 0 Å². The molecule has 3 rings (SSSR count). The molecule has 0 aliphatic carbocycles. The number of halogens is 4. The highest BCUT2D eigenvalue weighted by atomic mass is 35.5. The minimum Gasteiger partial charge on any atom is -0.249 e. The van der Waals surface area contributed by atoms with Crippen molar-refractivity contribution < 1.29 is 13.2 Å². The quantitative estimate of drug-likeness (QED) is 0.627. The molecule has 0 saturated carbocycles. The van der Waals surface area contributed by atoms with Gasteiger partial charge in [0.05, 0.1) is 23.0 Å². The minimum atomic E-state index is -4.35. The number of hydrogen-bond donors (Lipinski definition) is 0. The standard InChI is InChI=1S/C14H7ClF3N3/c15-13-12-10(5-6-19-13)21-11(7-20-12)8-1-3-9(4-2-8)14(16,17)18/h1-7H. The Balaban J connectivity index is 2.04. The molecule has 0 atom stereocenters. The van der Waals surface area contributed by atoms with Gasteiger partial charge in [0.15, 0.2) is 5.15 Å². The molecule has 2 heterocycles. The fraction of sp³-hybridized carbons (Fsp3) is 0.0714. The predicted molar refractivity (Wildman–Crippen MR) is 72.8 cm³/mol. The first kappa shape index (κ1) is 13.8. The van der Waals surface area contributed by atoms with E-state index in [4.69, 9.17) is 11.6 Å². The Hall–Kier alpha value is -2.21. The molecule has 7 heteroatoms. The second kappa shape index (κ2) is 4.96. The summed E-state index contributed by atoms with van der Waals surface area (Å²) in [5.41, 5.74) is 1.30. The topological polar surface area (TPSA) is 38.7 Å².